The zero-order valence-corrected chi connectivity index (χ0v) is 15.0. The van der Waals surface area contributed by atoms with Crippen molar-refractivity contribution in [1.82, 2.24) is 10.2 Å². The molecule has 0 aliphatic carbocycles. The van der Waals surface area contributed by atoms with Gasteiger partial charge in [0.1, 0.15) is 5.54 Å². The Morgan fingerprint density at radius 1 is 1.12 bits per heavy atom. The van der Waals surface area contributed by atoms with Crippen LogP contribution < -0.4 is 14.8 Å². The van der Waals surface area contributed by atoms with Gasteiger partial charge in [0, 0.05) is 4.47 Å². The lowest BCUT2D eigenvalue weighted by molar-refractivity contribution is -0.131. The number of imide groups is 1. The molecule has 2 aliphatic rings. The molecule has 6 nitrogen and oxygen atoms in total. The molecule has 1 fully saturated rings. The summed E-state index contributed by atoms with van der Waals surface area (Å²) in [6.07, 6.45) is 0. The summed E-state index contributed by atoms with van der Waals surface area (Å²) in [6.45, 7) is 2.08. The quantitative estimate of drug-likeness (QED) is 0.800. The van der Waals surface area contributed by atoms with Gasteiger partial charge in [-0.25, -0.2) is 4.79 Å². The summed E-state index contributed by atoms with van der Waals surface area (Å²) in [5.74, 6) is 0.919. The van der Waals surface area contributed by atoms with Crippen LogP contribution >= 0.6 is 15.9 Å². The Labute approximate surface area is 152 Å². The second-order valence-corrected chi connectivity index (χ2v) is 7.06. The number of nitrogens with zero attached hydrogens (tertiary/aromatic N) is 1. The van der Waals surface area contributed by atoms with Gasteiger partial charge < -0.3 is 14.8 Å². The van der Waals surface area contributed by atoms with Gasteiger partial charge in [-0.2, -0.15) is 0 Å². The third-order valence-electron chi connectivity index (χ3n) is 4.48. The van der Waals surface area contributed by atoms with E-state index in [2.05, 4.69) is 21.2 Å². The summed E-state index contributed by atoms with van der Waals surface area (Å²) in [6, 6.07) is 12.4. The van der Waals surface area contributed by atoms with Crippen LogP contribution in [0.15, 0.2) is 46.9 Å². The molecule has 2 aromatic carbocycles. The highest BCUT2D eigenvalue weighted by Gasteiger charge is 2.49. The number of amides is 3. The molecule has 3 amide bonds. The minimum atomic E-state index is -1.13. The highest BCUT2D eigenvalue weighted by molar-refractivity contribution is 9.10. The fourth-order valence-electron chi connectivity index (χ4n) is 3.02. The molecule has 1 saturated heterocycles. The fraction of sp³-hybridized carbons (Fsp3) is 0.222. The van der Waals surface area contributed by atoms with Crippen molar-refractivity contribution < 1.29 is 19.1 Å². The van der Waals surface area contributed by atoms with Crippen LogP contribution in [-0.4, -0.2) is 23.6 Å². The first-order valence-corrected chi connectivity index (χ1v) is 8.55. The number of ether oxygens (including phenoxy) is 2. The first-order valence-electron chi connectivity index (χ1n) is 7.76. The van der Waals surface area contributed by atoms with Crippen molar-refractivity contribution in [3.63, 3.8) is 0 Å². The van der Waals surface area contributed by atoms with Gasteiger partial charge in [-0.3, -0.25) is 9.69 Å². The van der Waals surface area contributed by atoms with Crippen molar-refractivity contribution in [2.75, 3.05) is 6.79 Å². The van der Waals surface area contributed by atoms with Gasteiger partial charge in [0.2, 0.25) is 6.79 Å². The van der Waals surface area contributed by atoms with E-state index in [-0.39, 0.29) is 19.2 Å². The molecule has 2 aliphatic heterocycles. The van der Waals surface area contributed by atoms with Crippen LogP contribution in [0, 0.1) is 0 Å². The van der Waals surface area contributed by atoms with Gasteiger partial charge in [0.15, 0.2) is 11.5 Å². The second kappa shape index (κ2) is 5.77. The molecule has 0 unspecified atom stereocenters. The van der Waals surface area contributed by atoms with E-state index in [1.165, 1.54) is 4.90 Å². The average molecular weight is 403 g/mol. The molecule has 7 heteroatoms. The number of nitrogens with one attached hydrogen (secondary N) is 1. The Balaban J connectivity index is 1.62. The average Bonchev–Trinajstić information content (AvgIpc) is 3.15. The summed E-state index contributed by atoms with van der Waals surface area (Å²) in [5, 5.41) is 2.80. The Bertz CT molecular complexity index is 868. The van der Waals surface area contributed by atoms with Gasteiger partial charge in [-0.05, 0) is 42.3 Å². The standard InChI is InChI=1S/C18H15BrN2O4/c1-18(12-4-7-14-15(8-12)25-10-24-14)16(22)21(17(23)20-18)9-11-2-5-13(19)6-3-11/h2-8H,9-10H2,1H3,(H,20,23)/t18-/m0/s1. The van der Waals surface area contributed by atoms with Crippen LogP contribution in [0.3, 0.4) is 0 Å². The van der Waals surface area contributed by atoms with Gasteiger partial charge in [-0.1, -0.05) is 34.1 Å². The van der Waals surface area contributed by atoms with Crippen molar-refractivity contribution in [1.29, 1.82) is 0 Å². The van der Waals surface area contributed by atoms with Crippen molar-refractivity contribution in [3.8, 4) is 11.5 Å². The molecule has 25 heavy (non-hydrogen) atoms. The lowest BCUT2D eigenvalue weighted by Gasteiger charge is -2.22. The maximum absolute atomic E-state index is 13.0. The van der Waals surface area contributed by atoms with Crippen LogP contribution in [-0.2, 0) is 16.9 Å². The highest BCUT2D eigenvalue weighted by Crippen LogP contribution is 2.38. The number of carbonyl (C=O) groups excluding carboxylic acids is 2. The van der Waals surface area contributed by atoms with E-state index >= 15 is 0 Å². The molecule has 0 spiro atoms. The van der Waals surface area contributed by atoms with Crippen LogP contribution in [0.25, 0.3) is 0 Å². The van der Waals surface area contributed by atoms with Crippen LogP contribution in [0.5, 0.6) is 11.5 Å². The molecule has 1 N–H and O–H groups in total. The molecular weight excluding hydrogens is 388 g/mol. The number of hydrogen-bond donors (Lipinski definition) is 1. The van der Waals surface area contributed by atoms with E-state index in [1.807, 2.05) is 24.3 Å². The van der Waals surface area contributed by atoms with E-state index in [0.29, 0.717) is 17.1 Å². The number of hydrogen-bond acceptors (Lipinski definition) is 4. The van der Waals surface area contributed by atoms with E-state index in [9.17, 15) is 9.59 Å². The molecule has 1 atom stereocenters. The Morgan fingerprint density at radius 2 is 1.84 bits per heavy atom. The maximum atomic E-state index is 13.0. The molecule has 0 bridgehead atoms. The molecule has 0 aromatic heterocycles. The molecular formula is C18H15BrN2O4. The second-order valence-electron chi connectivity index (χ2n) is 6.14. The summed E-state index contributed by atoms with van der Waals surface area (Å²) >= 11 is 3.37. The van der Waals surface area contributed by atoms with E-state index < -0.39 is 11.6 Å². The van der Waals surface area contributed by atoms with Crippen molar-refractivity contribution >= 4 is 27.9 Å². The van der Waals surface area contributed by atoms with Gasteiger partial charge >= 0.3 is 6.03 Å². The third-order valence-corrected chi connectivity index (χ3v) is 5.01. The van der Waals surface area contributed by atoms with Crippen LogP contribution in [0.2, 0.25) is 0 Å². The first kappa shape index (κ1) is 16.0. The SMILES string of the molecule is C[C@@]1(c2ccc3c(c2)OCO3)NC(=O)N(Cc2ccc(Br)cc2)C1=O. The first-order chi connectivity index (χ1) is 12.0. The molecule has 0 radical (unpaired) electrons. The van der Waals surface area contributed by atoms with Gasteiger partial charge in [-0.15, -0.1) is 0 Å². The summed E-state index contributed by atoms with van der Waals surface area (Å²) in [7, 11) is 0. The monoisotopic (exact) mass is 402 g/mol. The summed E-state index contributed by atoms with van der Waals surface area (Å²) in [5.41, 5.74) is 0.406. The molecule has 128 valence electrons. The number of halogens is 1. The summed E-state index contributed by atoms with van der Waals surface area (Å²) < 4.78 is 11.6. The largest absolute Gasteiger partial charge is 0.454 e. The molecule has 2 heterocycles. The Kier molecular flexibility index (Phi) is 3.68. The number of rotatable bonds is 3. The predicted octanol–water partition coefficient (Wildman–Crippen LogP) is 3.15. The van der Waals surface area contributed by atoms with Crippen molar-refractivity contribution in [2.24, 2.45) is 0 Å². The normalized spacial score (nSPS) is 21.6. The Hall–Kier alpha value is -2.54. The lowest BCUT2D eigenvalue weighted by Crippen LogP contribution is -2.40. The predicted molar refractivity (Wildman–Crippen MR) is 93.1 cm³/mol. The van der Waals surface area contributed by atoms with E-state index in [0.717, 1.165) is 10.0 Å². The number of carbonyl (C=O) groups is 2. The van der Waals surface area contributed by atoms with Gasteiger partial charge in [0.05, 0.1) is 6.54 Å². The minimum absolute atomic E-state index is 0.158. The van der Waals surface area contributed by atoms with Crippen molar-refractivity contribution in [2.45, 2.75) is 19.0 Å². The number of benzene rings is 2. The van der Waals surface area contributed by atoms with Crippen molar-refractivity contribution in [3.05, 3.63) is 58.1 Å². The topological polar surface area (TPSA) is 67.9 Å². The van der Waals surface area contributed by atoms with Crippen LogP contribution in [0.1, 0.15) is 18.1 Å². The lowest BCUT2D eigenvalue weighted by atomic mass is 9.91. The highest BCUT2D eigenvalue weighted by atomic mass is 79.9. The number of urea groups is 1. The maximum Gasteiger partial charge on any atom is 0.325 e. The summed E-state index contributed by atoms with van der Waals surface area (Å²) in [4.78, 5) is 26.6. The van der Waals surface area contributed by atoms with E-state index in [1.54, 1.807) is 25.1 Å². The Morgan fingerprint density at radius 3 is 2.60 bits per heavy atom. The third kappa shape index (κ3) is 2.64. The van der Waals surface area contributed by atoms with Crippen LogP contribution in [0.4, 0.5) is 4.79 Å². The zero-order chi connectivity index (χ0) is 17.6. The molecule has 2 aromatic rings. The number of fused-ring (bicyclic) bond motifs is 1. The fourth-order valence-corrected chi connectivity index (χ4v) is 3.28. The van der Waals surface area contributed by atoms with E-state index in [4.69, 9.17) is 9.47 Å². The minimum Gasteiger partial charge on any atom is -0.454 e. The zero-order valence-electron chi connectivity index (χ0n) is 13.4. The van der Waals surface area contributed by atoms with Gasteiger partial charge in [0.25, 0.3) is 5.91 Å². The molecule has 4 rings (SSSR count). The molecule has 0 saturated carbocycles. The smallest absolute Gasteiger partial charge is 0.325 e.